The van der Waals surface area contributed by atoms with Gasteiger partial charge in [-0.05, 0) is 20.8 Å². The Bertz CT molecular complexity index is 370. The smallest absolute Gasteiger partial charge is 0.234 e. The molecule has 16 heavy (non-hydrogen) atoms. The number of anilines is 1. The molecule has 0 unspecified atom stereocenters. The topological polar surface area (TPSA) is 64.3 Å². The molecule has 88 valence electrons. The van der Waals surface area contributed by atoms with Crippen LogP contribution in [0.3, 0.4) is 0 Å². The number of nitrogens with zero attached hydrogens (tertiary/aromatic N) is 3. The molecule has 5 heteroatoms. The Morgan fingerprint density at radius 3 is 2.69 bits per heavy atom. The van der Waals surface area contributed by atoms with E-state index in [0.29, 0.717) is 5.88 Å². The van der Waals surface area contributed by atoms with E-state index in [1.165, 1.54) is 0 Å². The van der Waals surface area contributed by atoms with Crippen LogP contribution in [0.15, 0.2) is 12.4 Å². The molecule has 0 saturated carbocycles. The Morgan fingerprint density at radius 1 is 1.44 bits per heavy atom. The van der Waals surface area contributed by atoms with Gasteiger partial charge in [0.25, 0.3) is 0 Å². The van der Waals surface area contributed by atoms with Crippen molar-refractivity contribution in [2.75, 3.05) is 18.0 Å². The molecule has 0 atom stereocenters. The average molecular weight is 222 g/mol. The summed E-state index contributed by atoms with van der Waals surface area (Å²) in [5.74, 6) is 1.40. The first-order valence-electron chi connectivity index (χ1n) is 5.49. The Kier molecular flexibility index (Phi) is 2.71. The molecule has 1 aliphatic heterocycles. The number of rotatable bonds is 3. The molecule has 1 fully saturated rings. The van der Waals surface area contributed by atoms with Gasteiger partial charge in [0, 0.05) is 18.6 Å². The lowest BCUT2D eigenvalue weighted by molar-refractivity contribution is 0.231. The van der Waals surface area contributed by atoms with E-state index in [1.54, 1.807) is 12.4 Å². The lowest BCUT2D eigenvalue weighted by atomic mass is 9.94. The summed E-state index contributed by atoms with van der Waals surface area (Å²) in [6.45, 7) is 7.59. The summed E-state index contributed by atoms with van der Waals surface area (Å²) in [4.78, 5) is 10.6. The van der Waals surface area contributed by atoms with Crippen molar-refractivity contribution in [2.45, 2.75) is 32.4 Å². The molecule has 5 nitrogen and oxygen atoms in total. The number of hydrogen-bond acceptors (Lipinski definition) is 5. The molecule has 2 N–H and O–H groups in total. The van der Waals surface area contributed by atoms with Crippen molar-refractivity contribution >= 4 is 5.82 Å². The molecule has 1 aromatic rings. The third kappa shape index (κ3) is 2.41. The lowest BCUT2D eigenvalue weighted by Gasteiger charge is -2.45. The molecule has 0 radical (unpaired) electrons. The van der Waals surface area contributed by atoms with Gasteiger partial charge in [0.05, 0.1) is 18.5 Å². The van der Waals surface area contributed by atoms with E-state index in [1.807, 2.05) is 20.8 Å². The van der Waals surface area contributed by atoms with Gasteiger partial charge in [-0.15, -0.1) is 0 Å². The van der Waals surface area contributed by atoms with Gasteiger partial charge in [-0.1, -0.05) is 0 Å². The molecule has 0 bridgehead atoms. The molecule has 0 aromatic carbocycles. The highest BCUT2D eigenvalue weighted by Crippen LogP contribution is 2.24. The van der Waals surface area contributed by atoms with Gasteiger partial charge in [0.15, 0.2) is 5.82 Å². The highest BCUT2D eigenvalue weighted by Gasteiger charge is 2.35. The van der Waals surface area contributed by atoms with Crippen LogP contribution < -0.4 is 15.4 Å². The highest BCUT2D eigenvalue weighted by atomic mass is 16.5. The molecular weight excluding hydrogens is 204 g/mol. The Morgan fingerprint density at radius 2 is 2.12 bits per heavy atom. The zero-order chi connectivity index (χ0) is 11.8. The number of nitrogens with two attached hydrogens (primary N) is 1. The van der Waals surface area contributed by atoms with Crippen LogP contribution in [0.2, 0.25) is 0 Å². The van der Waals surface area contributed by atoms with Gasteiger partial charge in [-0.3, -0.25) is 4.98 Å². The minimum atomic E-state index is -0.101. The van der Waals surface area contributed by atoms with Crippen LogP contribution >= 0.6 is 0 Å². The zero-order valence-corrected chi connectivity index (χ0v) is 9.97. The fourth-order valence-corrected chi connectivity index (χ4v) is 1.78. The predicted molar refractivity (Wildman–Crippen MR) is 62.6 cm³/mol. The van der Waals surface area contributed by atoms with Crippen LogP contribution in [0.25, 0.3) is 0 Å². The maximum Gasteiger partial charge on any atom is 0.234 e. The molecule has 1 aliphatic rings. The maximum absolute atomic E-state index is 5.95. The summed E-state index contributed by atoms with van der Waals surface area (Å²) in [5, 5.41) is 0. The summed E-state index contributed by atoms with van der Waals surface area (Å²) >= 11 is 0. The first-order chi connectivity index (χ1) is 7.46. The van der Waals surface area contributed by atoms with Gasteiger partial charge in [0.2, 0.25) is 5.88 Å². The van der Waals surface area contributed by atoms with E-state index in [4.69, 9.17) is 10.5 Å². The highest BCUT2D eigenvalue weighted by molar-refractivity contribution is 5.43. The standard InChI is InChI=1S/C11H18N4O/c1-8(2)16-10-5-13-4-9(14-10)15-6-11(3,12)7-15/h4-5,8H,6-7,12H2,1-3H3. The van der Waals surface area contributed by atoms with Crippen molar-refractivity contribution in [3.63, 3.8) is 0 Å². The lowest BCUT2D eigenvalue weighted by Crippen LogP contribution is -2.65. The summed E-state index contributed by atoms with van der Waals surface area (Å²) < 4.78 is 5.49. The minimum absolute atomic E-state index is 0.101. The van der Waals surface area contributed by atoms with Crippen molar-refractivity contribution in [1.29, 1.82) is 0 Å². The fourth-order valence-electron chi connectivity index (χ4n) is 1.78. The van der Waals surface area contributed by atoms with Gasteiger partial charge < -0.3 is 15.4 Å². The molecule has 1 aromatic heterocycles. The molecular formula is C11H18N4O. The van der Waals surface area contributed by atoms with E-state index < -0.39 is 0 Å². The van der Waals surface area contributed by atoms with E-state index in [-0.39, 0.29) is 11.6 Å². The Labute approximate surface area is 95.6 Å². The van der Waals surface area contributed by atoms with Crippen molar-refractivity contribution in [2.24, 2.45) is 5.73 Å². The van der Waals surface area contributed by atoms with Crippen LogP contribution in [0.5, 0.6) is 5.88 Å². The second kappa shape index (κ2) is 3.90. The van der Waals surface area contributed by atoms with Crippen LogP contribution in [-0.2, 0) is 0 Å². The zero-order valence-electron chi connectivity index (χ0n) is 9.97. The molecule has 0 amide bonds. The first-order valence-corrected chi connectivity index (χ1v) is 5.49. The van der Waals surface area contributed by atoms with E-state index >= 15 is 0 Å². The largest absolute Gasteiger partial charge is 0.474 e. The average Bonchev–Trinajstić information content (AvgIpc) is 2.13. The monoisotopic (exact) mass is 222 g/mol. The van der Waals surface area contributed by atoms with Crippen molar-refractivity contribution in [3.8, 4) is 5.88 Å². The van der Waals surface area contributed by atoms with Crippen molar-refractivity contribution in [3.05, 3.63) is 12.4 Å². The Hall–Kier alpha value is -1.36. The van der Waals surface area contributed by atoms with Crippen LogP contribution in [0, 0.1) is 0 Å². The number of aromatic nitrogens is 2. The Balaban J connectivity index is 2.06. The number of hydrogen-bond donors (Lipinski definition) is 1. The number of ether oxygens (including phenoxy) is 1. The van der Waals surface area contributed by atoms with Crippen LogP contribution in [0.4, 0.5) is 5.82 Å². The first kappa shape index (κ1) is 11.1. The predicted octanol–water partition coefficient (Wildman–Crippen LogP) is 0.801. The minimum Gasteiger partial charge on any atom is -0.474 e. The molecule has 0 aliphatic carbocycles. The molecule has 2 heterocycles. The van der Waals surface area contributed by atoms with Crippen LogP contribution in [0.1, 0.15) is 20.8 Å². The second-order valence-electron chi connectivity index (χ2n) is 4.89. The molecule has 1 saturated heterocycles. The molecule has 0 spiro atoms. The summed E-state index contributed by atoms with van der Waals surface area (Å²) in [6.07, 6.45) is 3.48. The molecule has 2 rings (SSSR count). The van der Waals surface area contributed by atoms with Gasteiger partial charge in [0.1, 0.15) is 0 Å². The van der Waals surface area contributed by atoms with Crippen molar-refractivity contribution in [1.82, 2.24) is 9.97 Å². The van der Waals surface area contributed by atoms with Gasteiger partial charge in [-0.25, -0.2) is 0 Å². The van der Waals surface area contributed by atoms with E-state index in [9.17, 15) is 0 Å². The summed E-state index contributed by atoms with van der Waals surface area (Å²) in [7, 11) is 0. The maximum atomic E-state index is 5.95. The van der Waals surface area contributed by atoms with Crippen LogP contribution in [-0.4, -0.2) is 34.7 Å². The third-order valence-electron chi connectivity index (χ3n) is 2.38. The quantitative estimate of drug-likeness (QED) is 0.819. The third-order valence-corrected chi connectivity index (χ3v) is 2.38. The summed E-state index contributed by atoms with van der Waals surface area (Å²) in [6, 6.07) is 0. The van der Waals surface area contributed by atoms with Gasteiger partial charge in [-0.2, -0.15) is 4.98 Å². The summed E-state index contributed by atoms with van der Waals surface area (Å²) in [5.41, 5.74) is 5.85. The van der Waals surface area contributed by atoms with Gasteiger partial charge >= 0.3 is 0 Å². The fraction of sp³-hybridized carbons (Fsp3) is 0.636. The van der Waals surface area contributed by atoms with E-state index in [0.717, 1.165) is 18.9 Å². The second-order valence-corrected chi connectivity index (χ2v) is 4.89. The van der Waals surface area contributed by atoms with E-state index in [2.05, 4.69) is 14.9 Å². The normalized spacial score (nSPS) is 18.4. The van der Waals surface area contributed by atoms with Crippen molar-refractivity contribution < 1.29 is 4.74 Å². The SMILES string of the molecule is CC(C)Oc1cncc(N2CC(C)(N)C2)n1.